The Morgan fingerprint density at radius 2 is 2.24 bits per heavy atom. The van der Waals surface area contributed by atoms with E-state index in [2.05, 4.69) is 5.32 Å². The molecule has 1 N–H and O–H groups in total. The lowest BCUT2D eigenvalue weighted by atomic mass is 9.95. The molecule has 2 saturated heterocycles. The third-order valence-corrected chi connectivity index (χ3v) is 4.82. The van der Waals surface area contributed by atoms with Crippen molar-refractivity contribution in [1.82, 2.24) is 10.2 Å². The second kappa shape index (κ2) is 5.27. The number of nitro benzene ring substituents is 1. The second-order valence-electron chi connectivity index (χ2n) is 5.70. The van der Waals surface area contributed by atoms with E-state index in [1.165, 1.54) is 18.2 Å². The summed E-state index contributed by atoms with van der Waals surface area (Å²) < 4.78 is 0. The molecule has 1 aromatic rings. The maximum atomic E-state index is 12.7. The lowest BCUT2D eigenvalue weighted by Crippen LogP contribution is -2.38. The molecule has 1 amide bonds. The van der Waals surface area contributed by atoms with Crippen molar-refractivity contribution in [3.63, 3.8) is 0 Å². The number of nitrogens with zero attached hydrogens (tertiary/aromatic N) is 2. The number of likely N-dealkylation sites (tertiary alicyclic amines) is 1. The number of hydrogen-bond donors (Lipinski definition) is 1. The summed E-state index contributed by atoms with van der Waals surface area (Å²) in [6.45, 7) is 4.44. The van der Waals surface area contributed by atoms with E-state index in [0.29, 0.717) is 23.4 Å². The van der Waals surface area contributed by atoms with Crippen LogP contribution in [0.4, 0.5) is 5.69 Å². The predicted octanol–water partition coefficient (Wildman–Crippen LogP) is 1.93. The van der Waals surface area contributed by atoms with Crippen LogP contribution in [0.3, 0.4) is 0 Å². The molecule has 112 valence electrons. The summed E-state index contributed by atoms with van der Waals surface area (Å²) in [5.41, 5.74) is -0.112. The Bertz CT molecular complexity index is 607. The number of fused-ring (bicyclic) bond motifs is 1. The van der Waals surface area contributed by atoms with Gasteiger partial charge in [0.2, 0.25) is 0 Å². The number of nitrogens with one attached hydrogen (secondary N) is 1. The number of carbonyl (C=O) groups excluding carboxylic acids is 1. The molecule has 0 aliphatic carbocycles. The fraction of sp³-hybridized carbons (Fsp3) is 0.500. The predicted molar refractivity (Wildman–Crippen MR) is 78.5 cm³/mol. The van der Waals surface area contributed by atoms with Crippen molar-refractivity contribution in [1.29, 1.82) is 0 Å². The zero-order chi connectivity index (χ0) is 15.1. The van der Waals surface area contributed by atoms with Gasteiger partial charge in [0.15, 0.2) is 0 Å². The molecule has 0 aromatic heterocycles. The van der Waals surface area contributed by atoms with Crippen molar-refractivity contribution in [2.24, 2.45) is 11.8 Å². The maximum Gasteiger partial charge on any atom is 0.282 e. The zero-order valence-electron chi connectivity index (χ0n) is 11.6. The van der Waals surface area contributed by atoms with Crippen molar-refractivity contribution in [2.75, 3.05) is 19.6 Å². The number of halogens is 1. The summed E-state index contributed by atoms with van der Waals surface area (Å²) in [6, 6.07) is 4.19. The second-order valence-corrected chi connectivity index (χ2v) is 6.14. The maximum absolute atomic E-state index is 12.7. The summed E-state index contributed by atoms with van der Waals surface area (Å²) in [6.07, 6.45) is 0. The van der Waals surface area contributed by atoms with E-state index in [1.807, 2.05) is 6.92 Å². The average molecular weight is 310 g/mol. The monoisotopic (exact) mass is 309 g/mol. The van der Waals surface area contributed by atoms with Gasteiger partial charge in [0.1, 0.15) is 5.56 Å². The van der Waals surface area contributed by atoms with E-state index in [1.54, 1.807) is 4.90 Å². The lowest BCUT2D eigenvalue weighted by Gasteiger charge is -2.24. The quantitative estimate of drug-likeness (QED) is 0.669. The van der Waals surface area contributed by atoms with Crippen LogP contribution in [0.5, 0.6) is 0 Å². The summed E-state index contributed by atoms with van der Waals surface area (Å²) in [5, 5.41) is 14.8. The minimum absolute atomic E-state index is 0.0762. The molecular formula is C14H16ClN3O3. The summed E-state index contributed by atoms with van der Waals surface area (Å²) in [5.74, 6) is 0.556. The van der Waals surface area contributed by atoms with Gasteiger partial charge in [0.05, 0.1) is 4.92 Å². The van der Waals surface area contributed by atoms with Gasteiger partial charge in [-0.3, -0.25) is 14.9 Å². The minimum atomic E-state index is -0.535. The first-order chi connectivity index (χ1) is 9.99. The number of benzene rings is 1. The molecule has 2 aliphatic heterocycles. The van der Waals surface area contributed by atoms with Gasteiger partial charge in [-0.1, -0.05) is 11.6 Å². The minimum Gasteiger partial charge on any atom is -0.335 e. The molecule has 0 bridgehead atoms. The van der Waals surface area contributed by atoms with Crippen molar-refractivity contribution in [3.05, 3.63) is 38.9 Å². The molecule has 2 heterocycles. The third kappa shape index (κ3) is 2.38. The molecule has 2 aliphatic rings. The molecule has 1 aromatic carbocycles. The molecule has 0 spiro atoms. The summed E-state index contributed by atoms with van der Waals surface area (Å²) >= 11 is 5.90. The molecule has 0 radical (unpaired) electrons. The van der Waals surface area contributed by atoms with Crippen molar-refractivity contribution in [2.45, 2.75) is 13.0 Å². The fourth-order valence-corrected chi connectivity index (χ4v) is 3.60. The molecule has 3 unspecified atom stereocenters. The molecular weight excluding hydrogens is 294 g/mol. The van der Waals surface area contributed by atoms with E-state index in [4.69, 9.17) is 11.6 Å². The Morgan fingerprint density at radius 3 is 2.90 bits per heavy atom. The molecule has 21 heavy (non-hydrogen) atoms. The van der Waals surface area contributed by atoms with Crippen LogP contribution in [0.2, 0.25) is 5.02 Å². The Morgan fingerprint density at radius 1 is 1.48 bits per heavy atom. The molecule has 7 heteroatoms. The first-order valence-corrected chi connectivity index (χ1v) is 7.32. The molecule has 2 fully saturated rings. The van der Waals surface area contributed by atoms with Crippen LogP contribution in [0, 0.1) is 22.0 Å². The standard InChI is InChI=1S/C14H16ClN3O3/c1-8-12-6-16-5-9(12)7-17(8)14(19)11-4-10(15)2-3-13(11)18(20)21/h2-4,8-9,12,16H,5-7H2,1H3. The third-order valence-electron chi connectivity index (χ3n) is 4.58. The van der Waals surface area contributed by atoms with Gasteiger partial charge in [0.25, 0.3) is 11.6 Å². The van der Waals surface area contributed by atoms with E-state index in [-0.39, 0.29) is 23.2 Å². The van der Waals surface area contributed by atoms with Crippen LogP contribution in [0.25, 0.3) is 0 Å². The van der Waals surface area contributed by atoms with Crippen LogP contribution >= 0.6 is 11.6 Å². The van der Waals surface area contributed by atoms with E-state index in [0.717, 1.165) is 13.1 Å². The topological polar surface area (TPSA) is 75.5 Å². The highest BCUT2D eigenvalue weighted by atomic mass is 35.5. The molecule has 6 nitrogen and oxygen atoms in total. The zero-order valence-corrected chi connectivity index (χ0v) is 12.3. The van der Waals surface area contributed by atoms with Gasteiger partial charge in [-0.05, 0) is 30.9 Å². The van der Waals surface area contributed by atoms with E-state index in [9.17, 15) is 14.9 Å². The van der Waals surface area contributed by atoms with Gasteiger partial charge < -0.3 is 10.2 Å². The van der Waals surface area contributed by atoms with E-state index >= 15 is 0 Å². The highest BCUT2D eigenvalue weighted by Crippen LogP contribution is 2.34. The highest BCUT2D eigenvalue weighted by molar-refractivity contribution is 6.31. The first-order valence-electron chi connectivity index (χ1n) is 6.94. The lowest BCUT2D eigenvalue weighted by molar-refractivity contribution is -0.385. The smallest absolute Gasteiger partial charge is 0.282 e. The Labute approximate surface area is 127 Å². The normalized spacial score (nSPS) is 27.7. The van der Waals surface area contributed by atoms with Gasteiger partial charge in [0, 0.05) is 36.8 Å². The Balaban J connectivity index is 1.92. The summed E-state index contributed by atoms with van der Waals surface area (Å²) in [4.78, 5) is 25.0. The average Bonchev–Trinajstić information content (AvgIpc) is 3.01. The van der Waals surface area contributed by atoms with Crippen LogP contribution < -0.4 is 5.32 Å². The van der Waals surface area contributed by atoms with Crippen LogP contribution in [0.15, 0.2) is 18.2 Å². The van der Waals surface area contributed by atoms with Crippen molar-refractivity contribution in [3.8, 4) is 0 Å². The SMILES string of the molecule is CC1C2CNCC2CN1C(=O)c1cc(Cl)ccc1[N+](=O)[O-]. The number of rotatable bonds is 2. The number of carbonyl (C=O) groups is 1. The van der Waals surface area contributed by atoms with Crippen molar-refractivity contribution >= 4 is 23.2 Å². The Hall–Kier alpha value is -1.66. The van der Waals surface area contributed by atoms with Crippen LogP contribution in [-0.2, 0) is 0 Å². The molecule has 0 saturated carbocycles. The van der Waals surface area contributed by atoms with Crippen LogP contribution in [0.1, 0.15) is 17.3 Å². The molecule has 3 atom stereocenters. The van der Waals surface area contributed by atoms with Gasteiger partial charge >= 0.3 is 0 Å². The summed E-state index contributed by atoms with van der Waals surface area (Å²) in [7, 11) is 0. The largest absolute Gasteiger partial charge is 0.335 e. The van der Waals surface area contributed by atoms with Crippen LogP contribution in [-0.4, -0.2) is 41.4 Å². The highest BCUT2D eigenvalue weighted by Gasteiger charge is 2.44. The fourth-order valence-electron chi connectivity index (χ4n) is 3.43. The van der Waals surface area contributed by atoms with Gasteiger partial charge in [-0.25, -0.2) is 0 Å². The van der Waals surface area contributed by atoms with Gasteiger partial charge in [-0.15, -0.1) is 0 Å². The number of hydrogen-bond acceptors (Lipinski definition) is 4. The first kappa shape index (κ1) is 14.3. The van der Waals surface area contributed by atoms with Gasteiger partial charge in [-0.2, -0.15) is 0 Å². The Kier molecular flexibility index (Phi) is 3.59. The number of nitro groups is 1. The van der Waals surface area contributed by atoms with Crippen molar-refractivity contribution < 1.29 is 9.72 Å². The number of amides is 1. The molecule has 3 rings (SSSR count). The van der Waals surface area contributed by atoms with E-state index < -0.39 is 4.92 Å².